The summed E-state index contributed by atoms with van der Waals surface area (Å²) in [6.45, 7) is 2.09. The standard InChI is InChI=1S/C18H22Cl2N2O3/c19-14-1-2-15(24)17(18(14)20)10-5-12-6-11(7-16(25)22(12)8-10)21-4-3-13(23)9-21/h1-2,10-13,23-24H,3-9H2/t10-,11-,12-,13-/m0/s1. The van der Waals surface area contributed by atoms with E-state index in [4.69, 9.17) is 23.2 Å². The second-order valence-corrected chi connectivity index (χ2v) is 8.24. The number of phenols is 1. The Morgan fingerprint density at radius 1 is 1.12 bits per heavy atom. The normalized spacial score (nSPS) is 33.1. The summed E-state index contributed by atoms with van der Waals surface area (Å²) in [5.41, 5.74) is 0.657. The minimum absolute atomic E-state index is 0.00284. The largest absolute Gasteiger partial charge is 0.508 e. The molecule has 4 atom stereocenters. The van der Waals surface area contributed by atoms with E-state index in [1.54, 1.807) is 12.1 Å². The molecule has 0 unspecified atom stereocenters. The van der Waals surface area contributed by atoms with Gasteiger partial charge in [-0.3, -0.25) is 9.69 Å². The van der Waals surface area contributed by atoms with Crippen LogP contribution >= 0.6 is 23.2 Å². The molecular weight excluding hydrogens is 363 g/mol. The molecule has 3 fully saturated rings. The molecule has 0 aliphatic carbocycles. The number of β-amino-alcohol motifs (C(OH)–C–C–N with tert-alkyl or cyclic N) is 1. The average Bonchev–Trinajstić information content (AvgIpc) is 3.18. The lowest BCUT2D eigenvalue weighted by Crippen LogP contribution is -2.50. The molecule has 0 saturated carbocycles. The van der Waals surface area contributed by atoms with Gasteiger partial charge in [0.25, 0.3) is 0 Å². The van der Waals surface area contributed by atoms with Crippen LogP contribution in [0.3, 0.4) is 0 Å². The molecule has 4 rings (SSSR count). The number of carbonyl (C=O) groups excluding carboxylic acids is 1. The second kappa shape index (κ2) is 6.62. The number of carbonyl (C=O) groups is 1. The molecule has 1 aromatic carbocycles. The number of aliphatic hydroxyl groups is 1. The topological polar surface area (TPSA) is 64.0 Å². The van der Waals surface area contributed by atoms with Crippen LogP contribution in [0.2, 0.25) is 10.0 Å². The summed E-state index contributed by atoms with van der Waals surface area (Å²) in [5, 5.41) is 20.8. The average molecular weight is 385 g/mol. The van der Waals surface area contributed by atoms with Gasteiger partial charge in [0.1, 0.15) is 5.75 Å². The van der Waals surface area contributed by atoms with Crippen molar-refractivity contribution in [3.05, 3.63) is 27.7 Å². The number of halogens is 2. The quantitative estimate of drug-likeness (QED) is 0.822. The van der Waals surface area contributed by atoms with E-state index in [0.29, 0.717) is 35.1 Å². The summed E-state index contributed by atoms with van der Waals surface area (Å²) in [4.78, 5) is 16.8. The van der Waals surface area contributed by atoms with E-state index in [1.165, 1.54) is 0 Å². The maximum absolute atomic E-state index is 12.7. The fourth-order valence-electron chi connectivity index (χ4n) is 4.69. The molecule has 3 aliphatic rings. The van der Waals surface area contributed by atoms with Crippen LogP contribution in [-0.4, -0.2) is 63.7 Å². The predicted octanol–water partition coefficient (Wildman–Crippen LogP) is 2.61. The van der Waals surface area contributed by atoms with Crippen LogP contribution in [0.1, 0.15) is 37.2 Å². The molecule has 0 bridgehead atoms. The third kappa shape index (κ3) is 3.12. The zero-order valence-corrected chi connectivity index (χ0v) is 15.4. The van der Waals surface area contributed by atoms with E-state index in [2.05, 4.69) is 4.90 Å². The molecule has 25 heavy (non-hydrogen) atoms. The van der Waals surface area contributed by atoms with Gasteiger partial charge in [-0.1, -0.05) is 23.2 Å². The lowest BCUT2D eigenvalue weighted by Gasteiger charge is -2.38. The Labute approximate surface area is 157 Å². The third-order valence-electron chi connectivity index (χ3n) is 5.92. The van der Waals surface area contributed by atoms with Crippen molar-refractivity contribution in [2.45, 2.75) is 49.8 Å². The van der Waals surface area contributed by atoms with E-state index >= 15 is 0 Å². The second-order valence-electron chi connectivity index (χ2n) is 7.46. The van der Waals surface area contributed by atoms with Crippen molar-refractivity contribution in [2.24, 2.45) is 0 Å². The lowest BCUT2D eigenvalue weighted by molar-refractivity contribution is -0.137. The first-order valence-corrected chi connectivity index (χ1v) is 9.58. The summed E-state index contributed by atoms with van der Waals surface area (Å²) in [7, 11) is 0. The number of phenolic OH excluding ortho intramolecular Hbond substituents is 1. The van der Waals surface area contributed by atoms with Crippen LogP contribution in [0.4, 0.5) is 0 Å². The number of amides is 1. The molecule has 0 spiro atoms. The van der Waals surface area contributed by atoms with Gasteiger partial charge in [-0.05, 0) is 31.4 Å². The summed E-state index contributed by atoms with van der Waals surface area (Å²) < 4.78 is 0. The number of aromatic hydroxyl groups is 1. The monoisotopic (exact) mass is 384 g/mol. The van der Waals surface area contributed by atoms with Crippen LogP contribution in [0.5, 0.6) is 5.75 Å². The van der Waals surface area contributed by atoms with Crippen LogP contribution in [0.25, 0.3) is 0 Å². The van der Waals surface area contributed by atoms with Gasteiger partial charge in [0.05, 0.1) is 16.1 Å². The van der Waals surface area contributed by atoms with E-state index in [9.17, 15) is 15.0 Å². The van der Waals surface area contributed by atoms with Gasteiger partial charge in [0, 0.05) is 49.6 Å². The van der Waals surface area contributed by atoms with Gasteiger partial charge < -0.3 is 15.1 Å². The number of likely N-dealkylation sites (tertiary alicyclic amines) is 1. The van der Waals surface area contributed by atoms with Gasteiger partial charge in [-0.2, -0.15) is 0 Å². The predicted molar refractivity (Wildman–Crippen MR) is 96.2 cm³/mol. The lowest BCUT2D eigenvalue weighted by atomic mass is 9.91. The number of benzene rings is 1. The van der Waals surface area contributed by atoms with Crippen molar-refractivity contribution >= 4 is 29.1 Å². The molecule has 136 valence electrons. The summed E-state index contributed by atoms with van der Waals surface area (Å²) in [6.07, 6.45) is 2.71. The number of fused-ring (bicyclic) bond motifs is 1. The van der Waals surface area contributed by atoms with E-state index in [1.807, 2.05) is 4.90 Å². The minimum atomic E-state index is -0.272. The van der Waals surface area contributed by atoms with Gasteiger partial charge in [-0.15, -0.1) is 0 Å². The number of nitrogens with zero attached hydrogens (tertiary/aromatic N) is 2. The van der Waals surface area contributed by atoms with E-state index < -0.39 is 0 Å². The molecule has 0 radical (unpaired) electrons. The van der Waals surface area contributed by atoms with Crippen molar-refractivity contribution in [1.29, 1.82) is 0 Å². The molecule has 1 aromatic rings. The first-order chi connectivity index (χ1) is 11.9. The van der Waals surface area contributed by atoms with Crippen LogP contribution in [0, 0.1) is 0 Å². The molecule has 0 aromatic heterocycles. The smallest absolute Gasteiger partial charge is 0.224 e. The first kappa shape index (κ1) is 17.4. The zero-order valence-electron chi connectivity index (χ0n) is 13.9. The molecule has 1 amide bonds. The fourth-order valence-corrected chi connectivity index (χ4v) is 5.17. The van der Waals surface area contributed by atoms with Crippen LogP contribution < -0.4 is 0 Å². The van der Waals surface area contributed by atoms with Crippen molar-refractivity contribution in [3.8, 4) is 5.75 Å². The molecule has 3 heterocycles. The molecule has 3 saturated heterocycles. The van der Waals surface area contributed by atoms with E-state index in [-0.39, 0.29) is 35.8 Å². The Morgan fingerprint density at radius 3 is 2.64 bits per heavy atom. The summed E-state index contributed by atoms with van der Waals surface area (Å²) >= 11 is 12.4. The number of piperidine rings is 1. The van der Waals surface area contributed by atoms with Gasteiger partial charge in [-0.25, -0.2) is 0 Å². The van der Waals surface area contributed by atoms with Gasteiger partial charge >= 0.3 is 0 Å². The minimum Gasteiger partial charge on any atom is -0.508 e. The highest BCUT2D eigenvalue weighted by Gasteiger charge is 2.44. The SMILES string of the molecule is O=C1C[C@@H](N2CC[C@H](O)C2)C[C@@H]2C[C@H](c3c(O)ccc(Cl)c3Cl)CN12. The Hall–Kier alpha value is -1.01. The van der Waals surface area contributed by atoms with Crippen molar-refractivity contribution in [2.75, 3.05) is 19.6 Å². The van der Waals surface area contributed by atoms with E-state index in [0.717, 1.165) is 25.8 Å². The van der Waals surface area contributed by atoms with Crippen LogP contribution in [-0.2, 0) is 4.79 Å². The van der Waals surface area contributed by atoms with Crippen molar-refractivity contribution in [1.82, 2.24) is 9.80 Å². The maximum Gasteiger partial charge on any atom is 0.224 e. The number of hydrogen-bond donors (Lipinski definition) is 2. The summed E-state index contributed by atoms with van der Waals surface area (Å²) in [5.74, 6) is 0.303. The molecular formula is C18H22Cl2N2O3. The van der Waals surface area contributed by atoms with Gasteiger partial charge in [0.15, 0.2) is 0 Å². The highest BCUT2D eigenvalue weighted by atomic mass is 35.5. The van der Waals surface area contributed by atoms with Crippen molar-refractivity contribution < 1.29 is 15.0 Å². The number of hydrogen-bond acceptors (Lipinski definition) is 4. The van der Waals surface area contributed by atoms with Gasteiger partial charge in [0.2, 0.25) is 5.91 Å². The van der Waals surface area contributed by atoms with Crippen LogP contribution in [0.15, 0.2) is 12.1 Å². The number of aliphatic hydroxyl groups excluding tert-OH is 1. The first-order valence-electron chi connectivity index (χ1n) is 8.82. The Balaban J connectivity index is 1.53. The Morgan fingerprint density at radius 2 is 1.92 bits per heavy atom. The maximum atomic E-state index is 12.7. The zero-order chi connectivity index (χ0) is 17.7. The third-order valence-corrected chi connectivity index (χ3v) is 6.74. The molecule has 5 nitrogen and oxygen atoms in total. The number of rotatable bonds is 2. The summed E-state index contributed by atoms with van der Waals surface area (Å²) in [6, 6.07) is 3.51. The Kier molecular flexibility index (Phi) is 4.61. The molecule has 2 N–H and O–H groups in total. The van der Waals surface area contributed by atoms with Crippen molar-refractivity contribution in [3.63, 3.8) is 0 Å². The highest BCUT2D eigenvalue weighted by Crippen LogP contribution is 2.45. The fraction of sp³-hybridized carbons (Fsp3) is 0.611. The Bertz CT molecular complexity index is 699. The molecule has 3 aliphatic heterocycles. The molecule has 7 heteroatoms. The highest BCUT2D eigenvalue weighted by molar-refractivity contribution is 6.42.